The van der Waals surface area contributed by atoms with Crippen LogP contribution in [0.2, 0.25) is 15.1 Å². The average molecular weight is 408 g/mol. The zero-order valence-corrected chi connectivity index (χ0v) is 15.9. The summed E-state index contributed by atoms with van der Waals surface area (Å²) in [5.41, 5.74) is 2.05. The van der Waals surface area contributed by atoms with E-state index in [1.165, 1.54) is 0 Å². The molecule has 1 N–H and O–H groups in total. The van der Waals surface area contributed by atoms with Crippen molar-refractivity contribution in [1.29, 1.82) is 0 Å². The molecule has 0 saturated heterocycles. The van der Waals surface area contributed by atoms with Crippen LogP contribution in [0, 0.1) is 0 Å². The molecule has 0 amide bonds. The first-order chi connectivity index (χ1) is 10.6. The smallest absolute Gasteiger partial charge is 0.129 e. The van der Waals surface area contributed by atoms with Crippen molar-refractivity contribution in [3.05, 3.63) is 62.6 Å². The van der Waals surface area contributed by atoms with Gasteiger partial charge in [0, 0.05) is 37.8 Å². The second-order valence-electron chi connectivity index (χ2n) is 4.82. The Morgan fingerprint density at radius 2 is 1.78 bits per heavy atom. The highest BCUT2D eigenvalue weighted by Crippen LogP contribution is 2.32. The van der Waals surface area contributed by atoms with E-state index in [1.54, 1.807) is 17.8 Å². The van der Waals surface area contributed by atoms with Gasteiger partial charge in [-0.05, 0) is 42.0 Å². The summed E-state index contributed by atoms with van der Waals surface area (Å²) in [4.78, 5) is 5.60. The van der Waals surface area contributed by atoms with Gasteiger partial charge in [0.1, 0.15) is 5.84 Å². The lowest BCUT2D eigenvalue weighted by molar-refractivity contribution is 0.959. The Morgan fingerprint density at radius 1 is 1.04 bits per heavy atom. The molecule has 1 heterocycles. The molecule has 2 aromatic carbocycles. The summed E-state index contributed by atoms with van der Waals surface area (Å²) in [5, 5.41) is 5.41. The van der Waals surface area contributed by atoms with E-state index in [9.17, 15) is 0 Å². The van der Waals surface area contributed by atoms with Crippen LogP contribution in [0.1, 0.15) is 11.1 Å². The van der Waals surface area contributed by atoms with Crippen molar-refractivity contribution >= 4 is 64.8 Å². The highest BCUT2D eigenvalue weighted by atomic mass is 35.5. The quantitative estimate of drug-likeness (QED) is 0.656. The standard InChI is InChI=1S/C16H13Cl3N2S.ClH/c17-11-1-3-14(19)10(7-11)9-22-15-4-2-12(18)8-13(15)16-20-5-6-21-16;/h1-4,7-8H,5-6,9H2,(H,20,21);1H. The molecule has 0 unspecified atom stereocenters. The van der Waals surface area contributed by atoms with Gasteiger partial charge in [0.15, 0.2) is 0 Å². The molecule has 122 valence electrons. The second-order valence-corrected chi connectivity index (χ2v) is 7.12. The van der Waals surface area contributed by atoms with Gasteiger partial charge in [-0.3, -0.25) is 4.99 Å². The Balaban J connectivity index is 0.00000192. The first-order valence-electron chi connectivity index (χ1n) is 6.78. The predicted octanol–water partition coefficient (Wildman–Crippen LogP) is 5.71. The fraction of sp³-hybridized carbons (Fsp3) is 0.188. The number of aliphatic imine (C=N–C) groups is 1. The van der Waals surface area contributed by atoms with Gasteiger partial charge in [-0.15, -0.1) is 24.2 Å². The van der Waals surface area contributed by atoms with Crippen LogP contribution >= 0.6 is 59.0 Å². The lowest BCUT2D eigenvalue weighted by atomic mass is 10.2. The van der Waals surface area contributed by atoms with E-state index in [0.29, 0.717) is 10.0 Å². The molecule has 2 nitrogen and oxygen atoms in total. The molecule has 0 saturated carbocycles. The van der Waals surface area contributed by atoms with Crippen LogP contribution in [0.3, 0.4) is 0 Å². The molecule has 0 radical (unpaired) electrons. The normalized spacial score (nSPS) is 13.3. The molecule has 0 spiro atoms. The molecule has 23 heavy (non-hydrogen) atoms. The Hall–Kier alpha value is -0.580. The summed E-state index contributed by atoms with van der Waals surface area (Å²) in [5.74, 6) is 1.64. The van der Waals surface area contributed by atoms with Gasteiger partial charge in [0.2, 0.25) is 0 Å². The maximum absolute atomic E-state index is 6.23. The van der Waals surface area contributed by atoms with Gasteiger partial charge in [0.05, 0.1) is 6.54 Å². The van der Waals surface area contributed by atoms with E-state index in [0.717, 1.165) is 45.7 Å². The van der Waals surface area contributed by atoms with Gasteiger partial charge in [-0.2, -0.15) is 0 Å². The Labute approximate surface area is 161 Å². The lowest BCUT2D eigenvalue weighted by Crippen LogP contribution is -2.20. The monoisotopic (exact) mass is 406 g/mol. The first kappa shape index (κ1) is 18.8. The highest BCUT2D eigenvalue weighted by molar-refractivity contribution is 7.98. The topological polar surface area (TPSA) is 24.4 Å². The van der Waals surface area contributed by atoms with Crippen LogP contribution in [0.15, 0.2) is 46.3 Å². The summed E-state index contributed by atoms with van der Waals surface area (Å²) in [7, 11) is 0. The summed E-state index contributed by atoms with van der Waals surface area (Å²) < 4.78 is 0. The maximum atomic E-state index is 6.23. The van der Waals surface area contributed by atoms with Crippen LogP contribution < -0.4 is 5.32 Å². The van der Waals surface area contributed by atoms with Crippen LogP contribution in [0.5, 0.6) is 0 Å². The predicted molar refractivity (Wildman–Crippen MR) is 104 cm³/mol. The fourth-order valence-electron chi connectivity index (χ4n) is 2.20. The number of rotatable bonds is 4. The SMILES string of the molecule is Cl.Clc1ccc(Cl)c(CSc2ccc(Cl)cc2C2=NCCN2)c1. The average Bonchev–Trinajstić information content (AvgIpc) is 3.03. The Kier molecular flexibility index (Phi) is 6.93. The number of hydrogen-bond donors (Lipinski definition) is 1. The summed E-state index contributed by atoms with van der Waals surface area (Å²) in [6, 6.07) is 11.4. The number of hydrogen-bond acceptors (Lipinski definition) is 3. The van der Waals surface area contributed by atoms with Gasteiger partial charge in [-0.25, -0.2) is 0 Å². The lowest BCUT2D eigenvalue weighted by Gasteiger charge is -2.11. The van der Waals surface area contributed by atoms with Crippen molar-refractivity contribution in [2.45, 2.75) is 10.6 Å². The third kappa shape index (κ3) is 4.71. The van der Waals surface area contributed by atoms with Gasteiger partial charge in [0.25, 0.3) is 0 Å². The third-order valence-electron chi connectivity index (χ3n) is 3.26. The van der Waals surface area contributed by atoms with Crippen LogP contribution in [0.25, 0.3) is 0 Å². The van der Waals surface area contributed by atoms with E-state index in [-0.39, 0.29) is 12.4 Å². The van der Waals surface area contributed by atoms with Crippen molar-refractivity contribution in [1.82, 2.24) is 5.32 Å². The summed E-state index contributed by atoms with van der Waals surface area (Å²) in [6.45, 7) is 1.66. The molecule has 0 atom stereocenters. The third-order valence-corrected chi connectivity index (χ3v) is 5.22. The molecule has 2 aromatic rings. The van der Waals surface area contributed by atoms with Crippen molar-refractivity contribution in [2.75, 3.05) is 13.1 Å². The molecule has 7 heteroatoms. The molecule has 1 aliphatic rings. The molecule has 1 aliphatic heterocycles. The van der Waals surface area contributed by atoms with E-state index in [2.05, 4.69) is 10.3 Å². The fourth-order valence-corrected chi connectivity index (χ4v) is 3.86. The van der Waals surface area contributed by atoms with Crippen molar-refractivity contribution < 1.29 is 0 Å². The van der Waals surface area contributed by atoms with Crippen LogP contribution in [-0.4, -0.2) is 18.9 Å². The second kappa shape index (κ2) is 8.50. The minimum atomic E-state index is 0. The van der Waals surface area contributed by atoms with Crippen LogP contribution in [0.4, 0.5) is 0 Å². The van der Waals surface area contributed by atoms with E-state index >= 15 is 0 Å². The Bertz CT molecular complexity index is 734. The van der Waals surface area contributed by atoms with E-state index in [4.69, 9.17) is 34.8 Å². The van der Waals surface area contributed by atoms with Crippen LogP contribution in [-0.2, 0) is 5.75 Å². The van der Waals surface area contributed by atoms with E-state index in [1.807, 2.05) is 30.3 Å². The van der Waals surface area contributed by atoms with Crippen molar-refractivity contribution in [2.24, 2.45) is 4.99 Å². The molecule has 3 rings (SSSR count). The molecular formula is C16H14Cl4N2S. The molecule has 0 fully saturated rings. The minimum absolute atomic E-state index is 0. The highest BCUT2D eigenvalue weighted by Gasteiger charge is 2.14. The number of thioether (sulfide) groups is 1. The molecule has 0 bridgehead atoms. The van der Waals surface area contributed by atoms with Gasteiger partial charge < -0.3 is 5.32 Å². The summed E-state index contributed by atoms with van der Waals surface area (Å²) >= 11 is 20.1. The van der Waals surface area contributed by atoms with E-state index < -0.39 is 0 Å². The number of nitrogens with zero attached hydrogens (tertiary/aromatic N) is 1. The van der Waals surface area contributed by atoms with Crippen molar-refractivity contribution in [3.8, 4) is 0 Å². The minimum Gasteiger partial charge on any atom is -0.368 e. The number of benzene rings is 2. The van der Waals surface area contributed by atoms with Crippen molar-refractivity contribution in [3.63, 3.8) is 0 Å². The zero-order chi connectivity index (χ0) is 15.5. The maximum Gasteiger partial charge on any atom is 0.129 e. The van der Waals surface area contributed by atoms with Gasteiger partial charge in [-0.1, -0.05) is 34.8 Å². The van der Waals surface area contributed by atoms with Gasteiger partial charge >= 0.3 is 0 Å². The zero-order valence-electron chi connectivity index (χ0n) is 12.0. The number of amidine groups is 1. The number of halogens is 4. The Morgan fingerprint density at radius 3 is 2.52 bits per heavy atom. The number of nitrogens with one attached hydrogen (secondary N) is 1. The summed E-state index contributed by atoms with van der Waals surface area (Å²) in [6.07, 6.45) is 0. The first-order valence-corrected chi connectivity index (χ1v) is 8.90. The largest absolute Gasteiger partial charge is 0.368 e. The molecule has 0 aliphatic carbocycles. The molecule has 0 aromatic heterocycles. The molecular weight excluding hydrogens is 394 g/mol.